The van der Waals surface area contributed by atoms with Gasteiger partial charge in [-0.25, -0.2) is 4.79 Å². The maximum Gasteiger partial charge on any atom is 0.338 e. The fourth-order valence-electron chi connectivity index (χ4n) is 5.93. The van der Waals surface area contributed by atoms with E-state index in [1.54, 1.807) is 24.3 Å². The summed E-state index contributed by atoms with van der Waals surface area (Å²) >= 11 is 5.89. The van der Waals surface area contributed by atoms with Crippen molar-refractivity contribution < 1.29 is 14.3 Å². The molecule has 32 heavy (non-hydrogen) atoms. The Morgan fingerprint density at radius 1 is 0.906 bits per heavy atom. The second-order valence-corrected chi connectivity index (χ2v) is 9.75. The van der Waals surface area contributed by atoms with Crippen molar-refractivity contribution in [2.45, 2.75) is 24.7 Å². The quantitative estimate of drug-likeness (QED) is 0.352. The van der Waals surface area contributed by atoms with Gasteiger partial charge in [0.15, 0.2) is 12.4 Å². The normalized spacial score (nSPS) is 26.5. The molecule has 2 heterocycles. The first kappa shape index (κ1) is 19.8. The van der Waals surface area contributed by atoms with Crippen molar-refractivity contribution in [2.24, 2.45) is 11.8 Å². The van der Waals surface area contributed by atoms with Crippen molar-refractivity contribution in [3.8, 4) is 0 Å². The van der Waals surface area contributed by atoms with Gasteiger partial charge in [-0.3, -0.25) is 4.79 Å². The number of carbonyl (C=O) groups is 2. The molecule has 2 aromatic rings. The Kier molecular flexibility index (Phi) is 4.72. The predicted octanol–water partition coefficient (Wildman–Crippen LogP) is 5.53. The lowest BCUT2D eigenvalue weighted by Gasteiger charge is -2.46. The summed E-state index contributed by atoms with van der Waals surface area (Å²) in [7, 11) is 0. The summed E-state index contributed by atoms with van der Waals surface area (Å²) in [6.07, 6.45) is 11.3. The highest BCUT2D eigenvalue weighted by atomic mass is 35.5. The molecule has 6 rings (SSSR count). The number of allylic oxidation sites excluding steroid dienone is 4. The minimum absolute atomic E-state index is 0.238. The fraction of sp³-hybridized carbons (Fsp3) is 0.333. The molecule has 4 aliphatic rings. The highest BCUT2D eigenvalue weighted by Crippen LogP contribution is 2.53. The summed E-state index contributed by atoms with van der Waals surface area (Å²) in [5.74, 6) is 1.16. The molecule has 0 spiro atoms. The largest absolute Gasteiger partial charge is 0.454 e. The number of carbonyl (C=O) groups excluding carboxylic acids is 2. The predicted molar refractivity (Wildman–Crippen MR) is 125 cm³/mol. The van der Waals surface area contributed by atoms with Crippen molar-refractivity contribution in [1.29, 1.82) is 0 Å². The van der Waals surface area contributed by atoms with Crippen LogP contribution < -0.4 is 4.90 Å². The van der Waals surface area contributed by atoms with Crippen LogP contribution >= 0.6 is 11.6 Å². The Labute approximate surface area is 192 Å². The number of hydrogen-bond donors (Lipinski definition) is 0. The van der Waals surface area contributed by atoms with E-state index in [0.29, 0.717) is 39.8 Å². The van der Waals surface area contributed by atoms with E-state index in [9.17, 15) is 9.59 Å². The van der Waals surface area contributed by atoms with Gasteiger partial charge in [0.05, 0.1) is 5.56 Å². The van der Waals surface area contributed by atoms with E-state index in [0.717, 1.165) is 25.9 Å². The second kappa shape index (κ2) is 7.63. The van der Waals surface area contributed by atoms with Gasteiger partial charge in [-0.05, 0) is 72.2 Å². The smallest absolute Gasteiger partial charge is 0.338 e. The van der Waals surface area contributed by atoms with Gasteiger partial charge >= 0.3 is 5.97 Å². The van der Waals surface area contributed by atoms with E-state index < -0.39 is 5.97 Å². The maximum absolute atomic E-state index is 13.0. The van der Waals surface area contributed by atoms with E-state index in [1.807, 2.05) is 12.1 Å². The number of rotatable bonds is 4. The van der Waals surface area contributed by atoms with Crippen LogP contribution in [0.5, 0.6) is 0 Å². The van der Waals surface area contributed by atoms with E-state index in [1.165, 1.54) is 16.8 Å². The third kappa shape index (κ3) is 3.20. The molecule has 0 aromatic heterocycles. The number of anilines is 1. The minimum Gasteiger partial charge on any atom is -0.454 e. The monoisotopic (exact) mass is 445 g/mol. The molecule has 0 radical (unpaired) electrons. The lowest BCUT2D eigenvalue weighted by molar-refractivity contribution is 0.0474. The number of hydrogen-bond acceptors (Lipinski definition) is 4. The minimum atomic E-state index is -0.439. The van der Waals surface area contributed by atoms with Gasteiger partial charge in [-0.1, -0.05) is 35.9 Å². The van der Waals surface area contributed by atoms with Crippen molar-refractivity contribution in [1.82, 2.24) is 0 Å². The molecular formula is C27H24ClNO3. The summed E-state index contributed by atoms with van der Waals surface area (Å²) < 4.78 is 5.46. The van der Waals surface area contributed by atoms with Gasteiger partial charge in [-0.2, -0.15) is 0 Å². The molecule has 0 saturated heterocycles. The standard InChI is InChI=1S/C27H24ClNO3/c28-20-9-7-16(8-10-20)25(30)15-32-27(31)19-11-23-21-5-1-3-17(21)13-29-14-18-4-2-6-22(18)24(12-19)26(23)29/h1-2,5-12,17-18,21-22H,3-4,13-15H2/t17-,18+,21-,22+. The Hall–Kier alpha value is -2.85. The van der Waals surface area contributed by atoms with Gasteiger partial charge in [0.25, 0.3) is 0 Å². The number of ether oxygens (including phenoxy) is 1. The molecule has 0 bridgehead atoms. The topological polar surface area (TPSA) is 46.6 Å². The Morgan fingerprint density at radius 3 is 2.09 bits per heavy atom. The van der Waals surface area contributed by atoms with E-state index >= 15 is 0 Å². The maximum atomic E-state index is 13.0. The molecule has 0 saturated carbocycles. The first-order valence-electron chi connectivity index (χ1n) is 11.3. The van der Waals surface area contributed by atoms with Crippen LogP contribution in [0.25, 0.3) is 0 Å². The molecule has 2 aromatic carbocycles. The number of fused-ring (bicyclic) bond motifs is 4. The van der Waals surface area contributed by atoms with E-state index in [4.69, 9.17) is 16.3 Å². The molecule has 0 N–H and O–H groups in total. The van der Waals surface area contributed by atoms with Crippen LogP contribution in [-0.4, -0.2) is 31.4 Å². The highest BCUT2D eigenvalue weighted by Gasteiger charge is 2.42. The molecule has 4 nitrogen and oxygen atoms in total. The Morgan fingerprint density at radius 2 is 1.50 bits per heavy atom. The molecule has 162 valence electrons. The van der Waals surface area contributed by atoms with Crippen LogP contribution in [0.15, 0.2) is 60.7 Å². The lowest BCUT2D eigenvalue weighted by Crippen LogP contribution is -2.43. The average molecular weight is 446 g/mol. The van der Waals surface area contributed by atoms with Crippen LogP contribution in [0.3, 0.4) is 0 Å². The summed E-state index contributed by atoms with van der Waals surface area (Å²) in [4.78, 5) is 28.0. The van der Waals surface area contributed by atoms with Crippen molar-refractivity contribution in [2.75, 3.05) is 24.6 Å². The fourth-order valence-corrected chi connectivity index (χ4v) is 6.05. The Bertz CT molecular complexity index is 1110. The van der Waals surface area contributed by atoms with Gasteiger partial charge in [0, 0.05) is 41.2 Å². The van der Waals surface area contributed by atoms with Crippen LogP contribution in [0.1, 0.15) is 56.5 Å². The zero-order chi connectivity index (χ0) is 21.8. The Balaban J connectivity index is 1.31. The summed E-state index contributed by atoms with van der Waals surface area (Å²) in [5.41, 5.74) is 4.82. The second-order valence-electron chi connectivity index (χ2n) is 9.31. The molecule has 0 unspecified atom stereocenters. The zero-order valence-corrected chi connectivity index (χ0v) is 18.4. The molecular weight excluding hydrogens is 422 g/mol. The number of halogens is 1. The van der Waals surface area contributed by atoms with E-state index in [2.05, 4.69) is 29.2 Å². The number of esters is 1. The van der Waals surface area contributed by atoms with Crippen LogP contribution in [0.2, 0.25) is 5.02 Å². The van der Waals surface area contributed by atoms with Crippen LogP contribution in [0.4, 0.5) is 5.69 Å². The number of Topliss-reactive ketones (excluding diaryl/α,β-unsaturated/α-hetero) is 1. The van der Waals surface area contributed by atoms with Gasteiger partial charge in [0.2, 0.25) is 0 Å². The third-order valence-electron chi connectivity index (χ3n) is 7.43. The van der Waals surface area contributed by atoms with E-state index in [-0.39, 0.29) is 12.4 Å². The van der Waals surface area contributed by atoms with Gasteiger partial charge in [0.1, 0.15) is 0 Å². The summed E-state index contributed by atoms with van der Waals surface area (Å²) in [6.45, 7) is 1.89. The molecule has 2 aliphatic heterocycles. The molecule has 0 fully saturated rings. The molecule has 0 amide bonds. The third-order valence-corrected chi connectivity index (χ3v) is 7.68. The number of ketones is 1. The van der Waals surface area contributed by atoms with Crippen LogP contribution in [-0.2, 0) is 4.74 Å². The highest BCUT2D eigenvalue weighted by molar-refractivity contribution is 6.30. The average Bonchev–Trinajstić information content (AvgIpc) is 3.47. The number of nitrogens with zero attached hydrogens (tertiary/aromatic N) is 1. The summed E-state index contributed by atoms with van der Waals surface area (Å²) in [5, 5.41) is 0.564. The summed E-state index contributed by atoms with van der Waals surface area (Å²) in [6, 6.07) is 10.6. The lowest BCUT2D eigenvalue weighted by atomic mass is 9.74. The van der Waals surface area contributed by atoms with Crippen LogP contribution in [0, 0.1) is 11.8 Å². The SMILES string of the molecule is O=C(COC(=O)c1cc2c3c(c1)[C@@H]1C=CC[C@@H]1CN3C[C@@H]1CC=C[C@H]21)c1ccc(Cl)cc1. The van der Waals surface area contributed by atoms with Gasteiger partial charge < -0.3 is 9.64 Å². The van der Waals surface area contributed by atoms with Gasteiger partial charge in [-0.15, -0.1) is 0 Å². The first-order valence-corrected chi connectivity index (χ1v) is 11.7. The molecule has 2 aliphatic carbocycles. The first-order chi connectivity index (χ1) is 15.6. The number of benzene rings is 2. The van der Waals surface area contributed by atoms with Crippen molar-refractivity contribution in [3.05, 3.63) is 88.0 Å². The van der Waals surface area contributed by atoms with Crippen molar-refractivity contribution >= 4 is 29.0 Å². The molecule has 4 atom stereocenters. The van der Waals surface area contributed by atoms with Crippen molar-refractivity contribution in [3.63, 3.8) is 0 Å². The molecule has 5 heteroatoms. The zero-order valence-electron chi connectivity index (χ0n) is 17.7.